The molecule has 0 bridgehead atoms. The average Bonchev–Trinajstić information content (AvgIpc) is 2.77. The molecule has 0 unspecified atom stereocenters. The monoisotopic (exact) mass is 469 g/mol. The predicted octanol–water partition coefficient (Wildman–Crippen LogP) is 2.72. The Kier molecular flexibility index (Phi) is 10.2. The third kappa shape index (κ3) is 8.05. The fourth-order valence-electron chi connectivity index (χ4n) is 2.63. The summed E-state index contributed by atoms with van der Waals surface area (Å²) in [4.78, 5) is 11.4. The highest BCUT2D eigenvalue weighted by atomic mass is 32.1. The fourth-order valence-corrected chi connectivity index (χ4v) is 3.01. The predicted molar refractivity (Wildman–Crippen MR) is 139 cm³/mol. The number of thiocarbonyl (C=S) groups is 2. The van der Waals surface area contributed by atoms with Crippen LogP contribution in [0.4, 0.5) is 5.69 Å². The molecule has 8 nitrogen and oxygen atoms in total. The Hall–Kier alpha value is -3.37. The van der Waals surface area contributed by atoms with Gasteiger partial charge in [0.05, 0.1) is 0 Å². The van der Waals surface area contributed by atoms with Crippen molar-refractivity contribution >= 4 is 57.7 Å². The molecule has 0 radical (unpaired) electrons. The van der Waals surface area contributed by atoms with E-state index < -0.39 is 0 Å². The number of rotatable bonds is 8. The Labute approximate surface area is 198 Å². The molecule has 10 heteroatoms. The first-order valence-electron chi connectivity index (χ1n) is 10.1. The van der Waals surface area contributed by atoms with Crippen molar-refractivity contribution in [1.82, 2.24) is 21.5 Å². The molecule has 0 atom stereocenters. The number of carbonyl (C=O) groups excluding carboxylic acids is 1. The number of carbonyl (C=O) groups is 1. The van der Waals surface area contributed by atoms with Crippen LogP contribution in [-0.2, 0) is 4.79 Å². The van der Waals surface area contributed by atoms with Gasteiger partial charge in [0, 0.05) is 36.8 Å². The molecular formula is C22H27N7OS2. The van der Waals surface area contributed by atoms with E-state index in [0.717, 1.165) is 11.1 Å². The highest BCUT2D eigenvalue weighted by Gasteiger charge is 2.16. The van der Waals surface area contributed by atoms with Crippen molar-refractivity contribution in [2.24, 2.45) is 10.2 Å². The molecular weight excluding hydrogens is 442 g/mol. The first-order valence-corrected chi connectivity index (χ1v) is 10.9. The van der Waals surface area contributed by atoms with Crippen molar-refractivity contribution in [1.29, 1.82) is 0 Å². The molecule has 2 aromatic rings. The summed E-state index contributed by atoms with van der Waals surface area (Å²) in [5.74, 6) is -0.142. The van der Waals surface area contributed by atoms with E-state index in [4.69, 9.17) is 24.4 Å². The van der Waals surface area contributed by atoms with Gasteiger partial charge in [-0.25, -0.2) is 0 Å². The maximum atomic E-state index is 11.4. The molecule has 0 fully saturated rings. The molecule has 0 aliphatic heterocycles. The van der Waals surface area contributed by atoms with Crippen LogP contribution in [0, 0.1) is 0 Å². The lowest BCUT2D eigenvalue weighted by atomic mass is 9.99. The molecule has 1 amide bonds. The first-order chi connectivity index (χ1) is 15.4. The van der Waals surface area contributed by atoms with E-state index in [9.17, 15) is 4.79 Å². The van der Waals surface area contributed by atoms with Crippen LogP contribution in [0.5, 0.6) is 0 Å². The highest BCUT2D eigenvalue weighted by Crippen LogP contribution is 2.14. The molecule has 2 aromatic carbocycles. The number of nitrogens with one attached hydrogen (secondary N) is 5. The average molecular weight is 470 g/mol. The van der Waals surface area contributed by atoms with Crippen molar-refractivity contribution in [2.45, 2.75) is 20.8 Å². The standard InChI is InChI=1S/C22H27N7OS2/c1-4-23-21(31)28-26-19(16-9-7-6-8-10-16)20(27-29-22(32)24-5-2)17-11-13-18(14-12-17)25-15(3)30/h6-14H,4-5H2,1-3H3,(H,25,30)(H2,23,28,31)(H2,24,29,32). The van der Waals surface area contributed by atoms with Crippen LogP contribution in [0.15, 0.2) is 64.8 Å². The van der Waals surface area contributed by atoms with E-state index in [1.807, 2.05) is 56.3 Å². The number of amides is 1. The zero-order valence-corrected chi connectivity index (χ0v) is 19.9. The summed E-state index contributed by atoms with van der Waals surface area (Å²) < 4.78 is 0. The van der Waals surface area contributed by atoms with Crippen molar-refractivity contribution in [3.8, 4) is 0 Å². The normalized spacial score (nSPS) is 11.3. The second-order valence-electron chi connectivity index (χ2n) is 6.49. The fraction of sp³-hybridized carbons (Fsp3) is 0.227. The summed E-state index contributed by atoms with van der Waals surface area (Å²) in [6, 6.07) is 16.9. The quantitative estimate of drug-likeness (QED) is 0.230. The second kappa shape index (κ2) is 13.1. The summed E-state index contributed by atoms with van der Waals surface area (Å²) in [5, 5.41) is 18.7. The van der Waals surface area contributed by atoms with Gasteiger partial charge in [-0.1, -0.05) is 42.5 Å². The van der Waals surface area contributed by atoms with E-state index in [0.29, 0.717) is 40.4 Å². The van der Waals surface area contributed by atoms with Crippen LogP contribution in [-0.4, -0.2) is 40.6 Å². The molecule has 2 rings (SSSR count). The smallest absolute Gasteiger partial charge is 0.221 e. The van der Waals surface area contributed by atoms with Gasteiger partial charge in [-0.2, -0.15) is 10.2 Å². The molecule has 0 aromatic heterocycles. The Balaban J connectivity index is 2.52. The van der Waals surface area contributed by atoms with Crippen molar-refractivity contribution < 1.29 is 4.79 Å². The Morgan fingerprint density at radius 2 is 1.25 bits per heavy atom. The van der Waals surface area contributed by atoms with E-state index >= 15 is 0 Å². The van der Waals surface area contributed by atoms with Gasteiger partial charge in [-0.3, -0.25) is 15.6 Å². The molecule has 0 aliphatic rings. The molecule has 0 heterocycles. The summed E-state index contributed by atoms with van der Waals surface area (Å²) in [7, 11) is 0. The zero-order chi connectivity index (χ0) is 23.3. The molecule has 32 heavy (non-hydrogen) atoms. The van der Waals surface area contributed by atoms with Crippen LogP contribution < -0.4 is 26.8 Å². The van der Waals surface area contributed by atoms with Crippen LogP contribution in [0.1, 0.15) is 31.9 Å². The van der Waals surface area contributed by atoms with Crippen molar-refractivity contribution in [3.63, 3.8) is 0 Å². The zero-order valence-electron chi connectivity index (χ0n) is 18.2. The topological polar surface area (TPSA) is 102 Å². The third-order valence-corrected chi connectivity index (χ3v) is 4.43. The SMILES string of the molecule is CCNC(=S)NN=C(C(=NNC(=S)NCC)c1ccc(NC(C)=O)cc1)c1ccccc1. The molecule has 168 valence electrons. The van der Waals surface area contributed by atoms with Gasteiger partial charge in [0.25, 0.3) is 0 Å². The summed E-state index contributed by atoms with van der Waals surface area (Å²) in [6.45, 7) is 6.70. The van der Waals surface area contributed by atoms with E-state index in [-0.39, 0.29) is 5.91 Å². The van der Waals surface area contributed by atoms with Crippen LogP contribution in [0.25, 0.3) is 0 Å². The molecule has 0 saturated heterocycles. The van der Waals surface area contributed by atoms with Crippen LogP contribution in [0.3, 0.4) is 0 Å². The van der Waals surface area contributed by atoms with Gasteiger partial charge < -0.3 is 16.0 Å². The van der Waals surface area contributed by atoms with Gasteiger partial charge in [-0.05, 0) is 50.4 Å². The minimum Gasteiger partial charge on any atom is -0.362 e. The van der Waals surface area contributed by atoms with Crippen LogP contribution >= 0.6 is 24.4 Å². The van der Waals surface area contributed by atoms with Crippen molar-refractivity contribution in [2.75, 3.05) is 18.4 Å². The van der Waals surface area contributed by atoms with Crippen LogP contribution in [0.2, 0.25) is 0 Å². The second-order valence-corrected chi connectivity index (χ2v) is 7.30. The molecule has 0 aliphatic carbocycles. The number of hydrogen-bond donors (Lipinski definition) is 5. The van der Waals surface area contributed by atoms with Gasteiger partial charge in [0.2, 0.25) is 5.91 Å². The first kappa shape index (κ1) is 24.9. The minimum absolute atomic E-state index is 0.142. The number of benzene rings is 2. The Bertz CT molecular complexity index is 989. The Morgan fingerprint density at radius 3 is 1.69 bits per heavy atom. The van der Waals surface area contributed by atoms with E-state index in [1.165, 1.54) is 6.92 Å². The van der Waals surface area contributed by atoms with Crippen molar-refractivity contribution in [3.05, 3.63) is 65.7 Å². The maximum Gasteiger partial charge on any atom is 0.221 e. The largest absolute Gasteiger partial charge is 0.362 e. The lowest BCUT2D eigenvalue weighted by Crippen LogP contribution is -2.35. The number of hydrogen-bond acceptors (Lipinski definition) is 5. The molecule has 5 N–H and O–H groups in total. The summed E-state index contributed by atoms with van der Waals surface area (Å²) in [5.41, 5.74) is 9.13. The molecule has 0 spiro atoms. The van der Waals surface area contributed by atoms with Gasteiger partial charge in [-0.15, -0.1) is 0 Å². The summed E-state index contributed by atoms with van der Waals surface area (Å²) in [6.07, 6.45) is 0. The Morgan fingerprint density at radius 1 is 0.781 bits per heavy atom. The van der Waals surface area contributed by atoms with Gasteiger partial charge >= 0.3 is 0 Å². The number of nitrogens with zero attached hydrogens (tertiary/aromatic N) is 2. The minimum atomic E-state index is -0.142. The number of hydrazone groups is 2. The highest BCUT2D eigenvalue weighted by molar-refractivity contribution is 7.80. The summed E-state index contributed by atoms with van der Waals surface area (Å²) >= 11 is 10.5. The van der Waals surface area contributed by atoms with E-state index in [1.54, 1.807) is 12.1 Å². The maximum absolute atomic E-state index is 11.4. The lowest BCUT2D eigenvalue weighted by molar-refractivity contribution is -0.114. The van der Waals surface area contributed by atoms with Gasteiger partial charge in [0.1, 0.15) is 11.4 Å². The third-order valence-electron chi connectivity index (χ3n) is 3.96. The molecule has 0 saturated carbocycles. The van der Waals surface area contributed by atoms with Gasteiger partial charge in [0.15, 0.2) is 10.2 Å². The lowest BCUT2D eigenvalue weighted by Gasteiger charge is -2.14. The number of anilines is 1. The van der Waals surface area contributed by atoms with E-state index in [2.05, 4.69) is 37.0 Å².